The topological polar surface area (TPSA) is 49.8 Å². The summed E-state index contributed by atoms with van der Waals surface area (Å²) in [5.74, 6) is 0. The maximum atomic E-state index is 10.4. The first-order valence-electron chi connectivity index (χ1n) is 5.43. The summed E-state index contributed by atoms with van der Waals surface area (Å²) >= 11 is 1.46. The average Bonchev–Trinajstić information content (AvgIpc) is 2.47. The van der Waals surface area contributed by atoms with Crippen LogP contribution in [-0.4, -0.2) is 29.3 Å². The molecular formula is C11H15NO3S. The zero-order valence-corrected chi connectivity index (χ0v) is 10.0. The first-order chi connectivity index (χ1) is 7.69. The maximum absolute atomic E-state index is 10.4. The van der Waals surface area contributed by atoms with E-state index >= 15 is 0 Å². The lowest BCUT2D eigenvalue weighted by Gasteiger charge is -2.16. The van der Waals surface area contributed by atoms with Gasteiger partial charge in [0.1, 0.15) is 0 Å². The molecule has 0 radical (unpaired) electrons. The molecule has 2 rings (SSSR count). The van der Waals surface area contributed by atoms with Crippen LogP contribution in [0.2, 0.25) is 0 Å². The summed E-state index contributed by atoms with van der Waals surface area (Å²) in [6.07, 6.45) is 0.927. The van der Waals surface area contributed by atoms with E-state index in [0.29, 0.717) is 5.06 Å². The van der Waals surface area contributed by atoms with E-state index in [9.17, 15) is 4.79 Å². The number of ether oxygens (including phenoxy) is 1. The molecule has 0 aromatic carbocycles. The van der Waals surface area contributed by atoms with Crippen molar-refractivity contribution in [2.45, 2.75) is 26.3 Å². The minimum absolute atomic E-state index is 0.496. The molecule has 1 aliphatic heterocycles. The van der Waals surface area contributed by atoms with Gasteiger partial charge in [0, 0.05) is 11.4 Å². The van der Waals surface area contributed by atoms with Crippen LogP contribution >= 0.6 is 11.3 Å². The van der Waals surface area contributed by atoms with Crippen LogP contribution in [0.3, 0.4) is 0 Å². The molecule has 5 heteroatoms. The van der Waals surface area contributed by atoms with Crippen molar-refractivity contribution in [3.63, 3.8) is 0 Å². The van der Waals surface area contributed by atoms with Crippen LogP contribution in [0, 0.1) is 0 Å². The summed E-state index contributed by atoms with van der Waals surface area (Å²) < 4.78 is 4.69. The van der Waals surface area contributed by atoms with Crippen LogP contribution < -0.4 is 4.74 Å². The Labute approximate surface area is 98.4 Å². The van der Waals surface area contributed by atoms with Crippen molar-refractivity contribution in [3.8, 4) is 5.06 Å². The highest BCUT2D eigenvalue weighted by Crippen LogP contribution is 2.32. The van der Waals surface area contributed by atoms with Gasteiger partial charge in [-0.25, -0.2) is 4.79 Å². The smallest absolute Gasteiger partial charge is 0.449 e. The second-order valence-electron chi connectivity index (χ2n) is 3.85. The number of carbonyl (C=O) groups is 1. The highest BCUT2D eigenvalue weighted by atomic mass is 32.1. The summed E-state index contributed by atoms with van der Waals surface area (Å²) in [5.41, 5.74) is 1.22. The van der Waals surface area contributed by atoms with Crippen LogP contribution in [0.15, 0.2) is 6.07 Å². The SMILES string of the molecule is CCN1CCCc2sc(OC(=O)O)cc2C1. The van der Waals surface area contributed by atoms with Gasteiger partial charge < -0.3 is 9.84 Å². The Morgan fingerprint density at radius 1 is 1.69 bits per heavy atom. The first kappa shape index (κ1) is 11.4. The van der Waals surface area contributed by atoms with Crippen LogP contribution in [0.1, 0.15) is 23.8 Å². The molecule has 0 atom stereocenters. The standard InChI is InChI=1S/C11H15NO3S/c1-2-12-5-3-4-9-8(7-12)6-10(16-9)15-11(13)14/h6H,2-5,7H2,1H3,(H,13,14). The number of thiophene rings is 1. The fraction of sp³-hybridized carbons (Fsp3) is 0.545. The van der Waals surface area contributed by atoms with E-state index in [0.717, 1.165) is 32.5 Å². The molecule has 0 unspecified atom stereocenters. The Kier molecular flexibility index (Phi) is 3.46. The normalized spacial score (nSPS) is 16.6. The van der Waals surface area contributed by atoms with Gasteiger partial charge in [0.25, 0.3) is 0 Å². The number of hydrogen-bond acceptors (Lipinski definition) is 4. The molecule has 0 aliphatic carbocycles. The molecule has 16 heavy (non-hydrogen) atoms. The van der Waals surface area contributed by atoms with Gasteiger partial charge in [-0.2, -0.15) is 0 Å². The van der Waals surface area contributed by atoms with Gasteiger partial charge in [-0.3, -0.25) is 4.90 Å². The van der Waals surface area contributed by atoms with E-state index in [4.69, 9.17) is 9.84 Å². The molecule has 0 saturated heterocycles. The number of nitrogens with zero attached hydrogens (tertiary/aromatic N) is 1. The molecule has 1 aliphatic rings. The number of aryl methyl sites for hydroxylation is 1. The van der Waals surface area contributed by atoms with Gasteiger partial charge >= 0.3 is 6.16 Å². The third-order valence-corrected chi connectivity index (χ3v) is 3.90. The molecule has 1 N–H and O–H groups in total. The summed E-state index contributed by atoms with van der Waals surface area (Å²) in [5, 5.41) is 9.05. The first-order valence-corrected chi connectivity index (χ1v) is 6.25. The molecule has 0 fully saturated rings. The van der Waals surface area contributed by atoms with E-state index in [-0.39, 0.29) is 0 Å². The largest absolute Gasteiger partial charge is 0.512 e. The zero-order valence-electron chi connectivity index (χ0n) is 9.23. The van der Waals surface area contributed by atoms with Crippen LogP contribution in [0.4, 0.5) is 4.79 Å². The van der Waals surface area contributed by atoms with Gasteiger partial charge in [-0.1, -0.05) is 6.92 Å². The predicted molar refractivity (Wildman–Crippen MR) is 62.2 cm³/mol. The van der Waals surface area contributed by atoms with E-state index in [1.807, 2.05) is 6.07 Å². The molecule has 2 heterocycles. The van der Waals surface area contributed by atoms with Crippen LogP contribution in [0.5, 0.6) is 5.06 Å². The van der Waals surface area contributed by atoms with E-state index in [1.54, 1.807) is 0 Å². The second kappa shape index (κ2) is 4.84. The monoisotopic (exact) mass is 241 g/mol. The van der Waals surface area contributed by atoms with Gasteiger partial charge in [0.05, 0.1) is 0 Å². The molecule has 0 amide bonds. The maximum Gasteiger partial charge on any atom is 0.512 e. The molecular weight excluding hydrogens is 226 g/mol. The van der Waals surface area contributed by atoms with Crippen LogP contribution in [0.25, 0.3) is 0 Å². The summed E-state index contributed by atoms with van der Waals surface area (Å²) in [6, 6.07) is 1.86. The fourth-order valence-electron chi connectivity index (χ4n) is 1.97. The Bertz CT molecular complexity index is 389. The lowest BCUT2D eigenvalue weighted by Crippen LogP contribution is -2.22. The van der Waals surface area contributed by atoms with E-state index < -0.39 is 6.16 Å². The van der Waals surface area contributed by atoms with Gasteiger partial charge in [0.15, 0.2) is 5.06 Å². The lowest BCUT2D eigenvalue weighted by molar-refractivity contribution is 0.146. The lowest BCUT2D eigenvalue weighted by atomic mass is 10.2. The molecule has 0 saturated carbocycles. The minimum atomic E-state index is -1.23. The summed E-state index contributed by atoms with van der Waals surface area (Å²) in [4.78, 5) is 14.1. The minimum Gasteiger partial charge on any atom is -0.449 e. The Morgan fingerprint density at radius 3 is 3.19 bits per heavy atom. The van der Waals surface area contributed by atoms with Crippen LogP contribution in [-0.2, 0) is 13.0 Å². The highest BCUT2D eigenvalue weighted by molar-refractivity contribution is 7.14. The molecule has 0 spiro atoms. The zero-order chi connectivity index (χ0) is 11.5. The van der Waals surface area contributed by atoms with Crippen molar-refractivity contribution < 1.29 is 14.6 Å². The number of carboxylic acid groups (broad SMARTS) is 1. The molecule has 1 aromatic heterocycles. The van der Waals surface area contributed by atoms with E-state index in [1.165, 1.54) is 21.8 Å². The molecule has 0 bridgehead atoms. The molecule has 4 nitrogen and oxygen atoms in total. The second-order valence-corrected chi connectivity index (χ2v) is 4.95. The predicted octanol–water partition coefficient (Wildman–Crippen LogP) is 2.57. The number of rotatable bonds is 2. The van der Waals surface area contributed by atoms with Gasteiger partial charge in [0.2, 0.25) is 0 Å². The highest BCUT2D eigenvalue weighted by Gasteiger charge is 2.17. The van der Waals surface area contributed by atoms with Crippen molar-refractivity contribution in [1.29, 1.82) is 0 Å². The Hall–Kier alpha value is -1.07. The summed E-state index contributed by atoms with van der Waals surface area (Å²) in [6.45, 7) is 5.20. The average molecular weight is 241 g/mol. The van der Waals surface area contributed by atoms with Gasteiger partial charge in [-0.05, 0) is 37.6 Å². The number of hydrogen-bond donors (Lipinski definition) is 1. The summed E-state index contributed by atoms with van der Waals surface area (Å²) in [7, 11) is 0. The van der Waals surface area contributed by atoms with Gasteiger partial charge in [-0.15, -0.1) is 11.3 Å². The fourth-order valence-corrected chi connectivity index (χ4v) is 3.03. The Morgan fingerprint density at radius 2 is 2.50 bits per heavy atom. The van der Waals surface area contributed by atoms with E-state index in [2.05, 4.69) is 11.8 Å². The third kappa shape index (κ3) is 2.54. The van der Waals surface area contributed by atoms with Crippen molar-refractivity contribution in [3.05, 3.63) is 16.5 Å². The van der Waals surface area contributed by atoms with Crippen molar-refractivity contribution in [2.24, 2.45) is 0 Å². The van der Waals surface area contributed by atoms with Crippen molar-refractivity contribution >= 4 is 17.5 Å². The molecule has 1 aromatic rings. The Balaban J connectivity index is 2.16. The van der Waals surface area contributed by atoms with Crippen molar-refractivity contribution in [1.82, 2.24) is 4.90 Å². The quantitative estimate of drug-likeness (QED) is 0.808. The number of fused-ring (bicyclic) bond motifs is 1. The molecule has 88 valence electrons. The third-order valence-electron chi connectivity index (χ3n) is 2.78. The van der Waals surface area contributed by atoms with Crippen molar-refractivity contribution in [2.75, 3.05) is 13.1 Å².